The monoisotopic (exact) mass is 230 g/mol. The Morgan fingerprint density at radius 1 is 1.24 bits per heavy atom. The molecule has 2 aromatic heterocycles. The summed E-state index contributed by atoms with van der Waals surface area (Å²) in [6.45, 7) is 5.47. The fraction of sp³-hybridized carbons (Fsp3) is 0.308. The zero-order valence-electron chi connectivity index (χ0n) is 10.1. The number of pyridine rings is 2. The molecule has 0 saturated carbocycles. The highest BCUT2D eigenvalue weighted by Crippen LogP contribution is 2.13. The van der Waals surface area contributed by atoms with Crippen LogP contribution in [0.4, 0.5) is 0 Å². The van der Waals surface area contributed by atoms with Crippen molar-refractivity contribution < 1.29 is 9.53 Å². The maximum Gasteiger partial charge on any atom is 0.357 e. The smallest absolute Gasteiger partial charge is 0.357 e. The molecule has 0 radical (unpaired) electrons. The predicted octanol–water partition coefficient (Wildman–Crippen LogP) is 2.59. The number of ether oxygens (including phenoxy) is 1. The Morgan fingerprint density at radius 3 is 2.71 bits per heavy atom. The van der Waals surface area contributed by atoms with E-state index in [0.29, 0.717) is 5.65 Å². The number of carbonyl (C=O) groups is 1. The molecule has 0 atom stereocenters. The first-order chi connectivity index (χ1) is 7.96. The number of aromatic nitrogens is 2. The Morgan fingerprint density at radius 2 is 2.00 bits per heavy atom. The van der Waals surface area contributed by atoms with Gasteiger partial charge in [0.05, 0.1) is 0 Å². The van der Waals surface area contributed by atoms with Crippen molar-refractivity contribution in [2.24, 2.45) is 0 Å². The van der Waals surface area contributed by atoms with Crippen LogP contribution in [0, 0.1) is 0 Å². The molecule has 88 valence electrons. The maximum atomic E-state index is 11.8. The van der Waals surface area contributed by atoms with E-state index in [-0.39, 0.29) is 5.69 Å². The molecule has 0 fully saturated rings. The minimum absolute atomic E-state index is 0.283. The molecule has 0 aromatic carbocycles. The highest BCUT2D eigenvalue weighted by molar-refractivity contribution is 5.90. The molecule has 17 heavy (non-hydrogen) atoms. The summed E-state index contributed by atoms with van der Waals surface area (Å²) in [7, 11) is 0. The van der Waals surface area contributed by atoms with Gasteiger partial charge in [0, 0.05) is 11.6 Å². The zero-order chi connectivity index (χ0) is 12.5. The summed E-state index contributed by atoms with van der Waals surface area (Å²) >= 11 is 0. The highest BCUT2D eigenvalue weighted by atomic mass is 16.6. The molecule has 0 aliphatic rings. The maximum absolute atomic E-state index is 11.8. The summed E-state index contributed by atoms with van der Waals surface area (Å²) in [6.07, 6.45) is 1.65. The van der Waals surface area contributed by atoms with Gasteiger partial charge in [0.2, 0.25) is 0 Å². The molecule has 2 heterocycles. The second-order valence-corrected chi connectivity index (χ2v) is 4.75. The molecule has 4 heteroatoms. The molecule has 0 N–H and O–H groups in total. The lowest BCUT2D eigenvalue weighted by Gasteiger charge is -2.19. The molecule has 0 bridgehead atoms. The summed E-state index contributed by atoms with van der Waals surface area (Å²) in [5, 5.41) is 0.903. The minimum Gasteiger partial charge on any atom is -0.455 e. The van der Waals surface area contributed by atoms with Crippen molar-refractivity contribution in [3.63, 3.8) is 0 Å². The second kappa shape index (κ2) is 4.13. The van der Waals surface area contributed by atoms with Gasteiger partial charge in [-0.05, 0) is 45.0 Å². The summed E-state index contributed by atoms with van der Waals surface area (Å²) in [4.78, 5) is 20.1. The molecule has 0 saturated heterocycles. The number of hydrogen-bond acceptors (Lipinski definition) is 4. The zero-order valence-corrected chi connectivity index (χ0v) is 10.1. The summed E-state index contributed by atoms with van der Waals surface area (Å²) < 4.78 is 5.24. The first kappa shape index (κ1) is 11.5. The third kappa shape index (κ3) is 2.78. The minimum atomic E-state index is -0.516. The fourth-order valence-corrected chi connectivity index (χ4v) is 1.40. The van der Waals surface area contributed by atoms with Crippen LogP contribution in [0.1, 0.15) is 31.3 Å². The van der Waals surface area contributed by atoms with Crippen LogP contribution in [0.25, 0.3) is 11.0 Å². The van der Waals surface area contributed by atoms with Crippen molar-refractivity contribution in [1.29, 1.82) is 0 Å². The second-order valence-electron chi connectivity index (χ2n) is 4.75. The Balaban J connectivity index is 2.33. The van der Waals surface area contributed by atoms with Crippen LogP contribution in [-0.4, -0.2) is 21.5 Å². The molecular formula is C13H14N2O2. The van der Waals surface area contributed by atoms with Gasteiger partial charge in [-0.2, -0.15) is 0 Å². The van der Waals surface area contributed by atoms with Gasteiger partial charge < -0.3 is 4.74 Å². The Labute approximate surface area is 99.7 Å². The molecule has 0 aliphatic heterocycles. The lowest BCUT2D eigenvalue weighted by atomic mass is 10.2. The summed E-state index contributed by atoms with van der Waals surface area (Å²) in [6, 6.07) is 7.19. The van der Waals surface area contributed by atoms with Gasteiger partial charge in [0.15, 0.2) is 11.3 Å². The van der Waals surface area contributed by atoms with Crippen molar-refractivity contribution >= 4 is 17.0 Å². The number of hydrogen-bond donors (Lipinski definition) is 0. The molecule has 0 spiro atoms. The van der Waals surface area contributed by atoms with Gasteiger partial charge in [-0.15, -0.1) is 0 Å². The van der Waals surface area contributed by atoms with Crippen LogP contribution in [0.3, 0.4) is 0 Å². The number of carbonyl (C=O) groups excluding carboxylic acids is 1. The lowest BCUT2D eigenvalue weighted by Crippen LogP contribution is -2.24. The van der Waals surface area contributed by atoms with Gasteiger partial charge in [-0.25, -0.2) is 14.8 Å². The van der Waals surface area contributed by atoms with E-state index in [9.17, 15) is 4.79 Å². The van der Waals surface area contributed by atoms with Crippen LogP contribution < -0.4 is 0 Å². The van der Waals surface area contributed by atoms with Gasteiger partial charge in [-0.1, -0.05) is 0 Å². The van der Waals surface area contributed by atoms with Gasteiger partial charge in [0.25, 0.3) is 0 Å². The highest BCUT2D eigenvalue weighted by Gasteiger charge is 2.19. The topological polar surface area (TPSA) is 52.1 Å². The van der Waals surface area contributed by atoms with E-state index >= 15 is 0 Å². The molecule has 0 amide bonds. The van der Waals surface area contributed by atoms with Crippen LogP contribution in [0.5, 0.6) is 0 Å². The van der Waals surface area contributed by atoms with Gasteiger partial charge in [0.1, 0.15) is 5.60 Å². The molecular weight excluding hydrogens is 216 g/mol. The molecule has 0 unspecified atom stereocenters. The molecule has 0 aliphatic carbocycles. The van der Waals surface area contributed by atoms with Gasteiger partial charge >= 0.3 is 5.97 Å². The fourth-order valence-electron chi connectivity index (χ4n) is 1.40. The van der Waals surface area contributed by atoms with Crippen molar-refractivity contribution in [1.82, 2.24) is 9.97 Å². The van der Waals surface area contributed by atoms with E-state index in [1.807, 2.05) is 39.0 Å². The van der Waals surface area contributed by atoms with E-state index < -0.39 is 11.6 Å². The average molecular weight is 230 g/mol. The summed E-state index contributed by atoms with van der Waals surface area (Å²) in [5.74, 6) is -0.426. The normalized spacial score (nSPS) is 11.5. The largest absolute Gasteiger partial charge is 0.455 e. The van der Waals surface area contributed by atoms with E-state index in [1.54, 1.807) is 12.3 Å². The van der Waals surface area contributed by atoms with Crippen molar-refractivity contribution in [2.75, 3.05) is 0 Å². The van der Waals surface area contributed by atoms with E-state index in [0.717, 1.165) is 5.39 Å². The third-order valence-electron chi connectivity index (χ3n) is 2.07. The number of nitrogens with zero attached hydrogens (tertiary/aromatic N) is 2. The van der Waals surface area contributed by atoms with Crippen LogP contribution in [0.2, 0.25) is 0 Å². The van der Waals surface area contributed by atoms with E-state index in [1.165, 1.54) is 0 Å². The standard InChI is InChI=1S/C13H14N2O2/c1-13(2,3)17-12(16)10-7-6-9-5-4-8-14-11(9)15-10/h4-8H,1-3H3. The van der Waals surface area contributed by atoms with Gasteiger partial charge in [-0.3, -0.25) is 0 Å². The molecule has 2 rings (SSSR count). The SMILES string of the molecule is CC(C)(C)OC(=O)c1ccc2cccnc2n1. The summed E-state index contributed by atoms with van der Waals surface area (Å²) in [5.41, 5.74) is 0.319. The Kier molecular flexibility index (Phi) is 2.79. The van der Waals surface area contributed by atoms with E-state index in [4.69, 9.17) is 4.74 Å². The average Bonchev–Trinajstić information content (AvgIpc) is 2.26. The van der Waals surface area contributed by atoms with E-state index in [2.05, 4.69) is 9.97 Å². The lowest BCUT2D eigenvalue weighted by molar-refractivity contribution is 0.00632. The van der Waals surface area contributed by atoms with Crippen molar-refractivity contribution in [3.8, 4) is 0 Å². The number of esters is 1. The Bertz CT molecular complexity index is 559. The number of rotatable bonds is 1. The van der Waals surface area contributed by atoms with Crippen LogP contribution >= 0.6 is 0 Å². The first-order valence-electron chi connectivity index (χ1n) is 5.41. The number of fused-ring (bicyclic) bond motifs is 1. The molecule has 4 nitrogen and oxygen atoms in total. The Hall–Kier alpha value is -1.97. The first-order valence-corrected chi connectivity index (χ1v) is 5.41. The quantitative estimate of drug-likeness (QED) is 0.706. The van der Waals surface area contributed by atoms with Crippen molar-refractivity contribution in [2.45, 2.75) is 26.4 Å². The van der Waals surface area contributed by atoms with Crippen molar-refractivity contribution in [3.05, 3.63) is 36.2 Å². The third-order valence-corrected chi connectivity index (χ3v) is 2.07. The van der Waals surface area contributed by atoms with Crippen LogP contribution in [0.15, 0.2) is 30.5 Å². The molecule has 2 aromatic rings. The van der Waals surface area contributed by atoms with Crippen LogP contribution in [-0.2, 0) is 4.74 Å². The predicted molar refractivity (Wildman–Crippen MR) is 64.7 cm³/mol.